The summed E-state index contributed by atoms with van der Waals surface area (Å²) in [5, 5.41) is 19.8. The van der Waals surface area contributed by atoms with Crippen LogP contribution in [0.3, 0.4) is 0 Å². The van der Waals surface area contributed by atoms with Gasteiger partial charge in [0.25, 0.3) is 0 Å². The van der Waals surface area contributed by atoms with Crippen molar-refractivity contribution in [3.63, 3.8) is 0 Å². The number of aryl methyl sites for hydroxylation is 2. The van der Waals surface area contributed by atoms with Gasteiger partial charge in [-0.2, -0.15) is 0 Å². The van der Waals surface area contributed by atoms with Gasteiger partial charge in [-0.05, 0) is 81.2 Å². The summed E-state index contributed by atoms with van der Waals surface area (Å²) in [5.41, 5.74) is 12.3. The molecule has 0 heterocycles. The van der Waals surface area contributed by atoms with Crippen LogP contribution in [-0.2, 0) is 0 Å². The van der Waals surface area contributed by atoms with Gasteiger partial charge < -0.3 is 22.1 Å². The van der Waals surface area contributed by atoms with Crippen molar-refractivity contribution in [1.82, 2.24) is 10.6 Å². The molecule has 240 valence electrons. The lowest BCUT2D eigenvalue weighted by atomic mass is 9.90. The van der Waals surface area contributed by atoms with Crippen LogP contribution < -0.4 is 32.7 Å². The fourth-order valence-electron chi connectivity index (χ4n) is 5.40. The van der Waals surface area contributed by atoms with E-state index >= 15 is 0 Å². The molecule has 0 bridgehead atoms. The normalized spacial score (nSPS) is 10.4. The number of nitrogens with one attached hydrogen (secondary N) is 4. The summed E-state index contributed by atoms with van der Waals surface area (Å²) < 4.78 is 0. The average Bonchev–Trinajstić information content (AvgIpc) is 3.05. The van der Waals surface area contributed by atoms with E-state index in [2.05, 4.69) is 100 Å². The van der Waals surface area contributed by atoms with Crippen molar-refractivity contribution >= 4 is 78.6 Å². The predicted octanol–water partition coefficient (Wildman–Crippen LogP) is 8.13. The summed E-state index contributed by atoms with van der Waals surface area (Å²) in [7, 11) is 0. The van der Waals surface area contributed by atoms with Crippen LogP contribution in [-0.4, -0.2) is 24.1 Å². The lowest BCUT2D eigenvalue weighted by Gasteiger charge is -2.13. The molecule has 0 unspecified atom stereocenters. The van der Waals surface area contributed by atoms with Crippen molar-refractivity contribution in [2.75, 3.05) is 10.6 Å². The highest BCUT2D eigenvalue weighted by Gasteiger charge is 2.11. The van der Waals surface area contributed by atoms with E-state index in [1.54, 1.807) is 29.6 Å². The largest absolute Gasteiger partial charge is 0.351 e. The number of urea groups is 4. The van der Waals surface area contributed by atoms with E-state index in [-0.39, 0.29) is 0 Å². The molecule has 0 aromatic heterocycles. The Morgan fingerprint density at radius 3 is 1.02 bits per heavy atom. The molecule has 7 aromatic carbocycles. The number of primary amides is 2. The smallest absolute Gasteiger partial charge is 0.327 e. The fourth-order valence-corrected chi connectivity index (χ4v) is 5.40. The molecule has 0 saturated carbocycles. The van der Waals surface area contributed by atoms with E-state index in [0.29, 0.717) is 11.4 Å². The van der Waals surface area contributed by atoms with Gasteiger partial charge in [-0.15, -0.1) is 0 Å². The topological polar surface area (TPSA) is 168 Å². The van der Waals surface area contributed by atoms with Crippen molar-refractivity contribution in [2.24, 2.45) is 11.5 Å². The third-order valence-electron chi connectivity index (χ3n) is 7.48. The molecule has 7 aromatic rings. The Bertz CT molecular complexity index is 2010. The van der Waals surface area contributed by atoms with Crippen LogP contribution in [0, 0.1) is 13.8 Å². The lowest BCUT2D eigenvalue weighted by molar-refractivity contribution is 0.236. The second kappa shape index (κ2) is 14.6. The number of carbonyl (C=O) groups excluding carboxylic acids is 4. The first-order valence-electron chi connectivity index (χ1n) is 15.0. The lowest BCUT2D eigenvalue weighted by Crippen LogP contribution is -2.38. The average molecular weight is 639 g/mol. The third-order valence-corrected chi connectivity index (χ3v) is 7.48. The van der Waals surface area contributed by atoms with Gasteiger partial charge in [-0.1, -0.05) is 108 Å². The van der Waals surface area contributed by atoms with E-state index in [0.717, 1.165) is 11.1 Å². The highest BCUT2D eigenvalue weighted by atomic mass is 16.2. The zero-order valence-corrected chi connectivity index (χ0v) is 26.3. The van der Waals surface area contributed by atoms with Crippen LogP contribution in [0.5, 0.6) is 0 Å². The first-order valence-corrected chi connectivity index (χ1v) is 15.0. The van der Waals surface area contributed by atoms with Gasteiger partial charge in [0.15, 0.2) is 0 Å². The van der Waals surface area contributed by atoms with Crippen LogP contribution in [0.1, 0.15) is 11.1 Å². The predicted molar refractivity (Wildman–Crippen MR) is 193 cm³/mol. The highest BCUT2D eigenvalue weighted by molar-refractivity contribution is 6.32. The molecule has 0 aliphatic heterocycles. The minimum atomic E-state index is -0.938. The molecule has 8 N–H and O–H groups in total. The van der Waals surface area contributed by atoms with Crippen molar-refractivity contribution in [1.29, 1.82) is 0 Å². The van der Waals surface area contributed by atoms with Crippen molar-refractivity contribution in [2.45, 2.75) is 13.8 Å². The number of rotatable bonds is 2. The molecule has 0 spiro atoms. The van der Waals surface area contributed by atoms with Gasteiger partial charge in [-0.3, -0.25) is 10.6 Å². The van der Waals surface area contributed by atoms with E-state index in [4.69, 9.17) is 0 Å². The number of hydrogen-bond donors (Lipinski definition) is 6. The molecule has 0 fully saturated rings. The number of fused-ring (bicyclic) bond motifs is 2. The van der Waals surface area contributed by atoms with Gasteiger partial charge in [-0.25, -0.2) is 19.2 Å². The quantitative estimate of drug-likeness (QED) is 0.0831. The maximum atomic E-state index is 11.7. The summed E-state index contributed by atoms with van der Waals surface area (Å²) in [6.45, 7) is 3.91. The number of benzene rings is 7. The molecular formula is C38H34N6O4. The Kier molecular flexibility index (Phi) is 9.95. The van der Waals surface area contributed by atoms with E-state index in [9.17, 15) is 19.2 Å². The molecule has 0 radical (unpaired) electrons. The number of hydrogen-bond acceptors (Lipinski definition) is 4. The molecule has 8 amide bonds. The first-order chi connectivity index (χ1) is 23.1. The van der Waals surface area contributed by atoms with Crippen LogP contribution >= 0.6 is 0 Å². The second-order valence-corrected chi connectivity index (χ2v) is 11.0. The first kappa shape index (κ1) is 32.7. The Balaban J connectivity index is 0.000000158. The second-order valence-electron chi connectivity index (χ2n) is 11.0. The summed E-state index contributed by atoms with van der Waals surface area (Å²) in [6, 6.07) is 38.0. The molecule has 10 heteroatoms. The zero-order valence-electron chi connectivity index (χ0n) is 26.3. The maximum Gasteiger partial charge on any atom is 0.327 e. The van der Waals surface area contributed by atoms with E-state index in [1.165, 1.54) is 43.1 Å². The zero-order chi connectivity index (χ0) is 34.2. The summed E-state index contributed by atoms with van der Waals surface area (Å²) >= 11 is 0. The number of amides is 8. The van der Waals surface area contributed by atoms with Gasteiger partial charge in [0, 0.05) is 11.4 Å². The third kappa shape index (κ3) is 7.93. The molecule has 48 heavy (non-hydrogen) atoms. The fraction of sp³-hybridized carbons (Fsp3) is 0.0526. The van der Waals surface area contributed by atoms with Crippen LogP contribution in [0.25, 0.3) is 43.1 Å². The number of imide groups is 2. The monoisotopic (exact) mass is 638 g/mol. The van der Waals surface area contributed by atoms with Crippen molar-refractivity contribution < 1.29 is 19.2 Å². The Hall–Kier alpha value is -6.68. The van der Waals surface area contributed by atoms with Gasteiger partial charge in [0.2, 0.25) is 0 Å². The Morgan fingerprint density at radius 2 is 0.750 bits per heavy atom. The number of anilines is 2. The Morgan fingerprint density at radius 1 is 0.438 bits per heavy atom. The van der Waals surface area contributed by atoms with Crippen LogP contribution in [0.2, 0.25) is 0 Å². The van der Waals surface area contributed by atoms with E-state index < -0.39 is 24.1 Å². The van der Waals surface area contributed by atoms with Gasteiger partial charge >= 0.3 is 24.1 Å². The molecular weight excluding hydrogens is 604 g/mol. The molecule has 0 aliphatic rings. The highest BCUT2D eigenvalue weighted by Crippen LogP contribution is 2.39. The number of carbonyl (C=O) groups is 4. The van der Waals surface area contributed by atoms with Crippen LogP contribution in [0.15, 0.2) is 121 Å². The summed E-state index contributed by atoms with van der Waals surface area (Å²) in [6.07, 6.45) is 0. The molecule has 0 saturated heterocycles. The SMILES string of the molecule is Cc1ccc(NC(=O)NC(=O)Nc2ccc(C)cc2)cc1.NC(=O)NC(N)=O.c1cc2cccc3c4cccc5cccc(c(c1)c23)c54. The van der Waals surface area contributed by atoms with E-state index in [1.807, 2.05) is 38.1 Å². The molecule has 7 rings (SSSR count). The van der Waals surface area contributed by atoms with Gasteiger partial charge in [0.05, 0.1) is 0 Å². The Labute approximate surface area is 276 Å². The summed E-state index contributed by atoms with van der Waals surface area (Å²) in [4.78, 5) is 42.6. The molecule has 10 nitrogen and oxygen atoms in total. The maximum absolute atomic E-state index is 11.7. The van der Waals surface area contributed by atoms with Crippen molar-refractivity contribution in [3.05, 3.63) is 132 Å². The molecule has 0 aliphatic carbocycles. The minimum Gasteiger partial charge on any atom is -0.351 e. The number of nitrogens with two attached hydrogens (primary N) is 2. The van der Waals surface area contributed by atoms with Crippen molar-refractivity contribution in [3.8, 4) is 0 Å². The standard InChI is InChI=1S/C20H12.C16H17N3O2.C2H5N3O2/c1-5-13-6-2-11-17-18-12-4-8-14-7-3-10-16(20(14)18)15(9-1)19(13)17;1-11-3-7-13(8-4-11)17-15(20)19-16(21)18-14-9-5-12(2)6-10-14;3-1(6)5-2(4)7/h1-12H;3-10H,1-2H3,(H3,17,18,19,20,21);(H5,3,4,5,6,7). The molecule has 0 atom stereocenters. The van der Waals surface area contributed by atoms with Crippen LogP contribution in [0.4, 0.5) is 30.6 Å². The summed E-state index contributed by atoms with van der Waals surface area (Å²) in [5.74, 6) is 0. The minimum absolute atomic E-state index is 0.580. The van der Waals surface area contributed by atoms with Gasteiger partial charge in [0.1, 0.15) is 0 Å².